The molecule has 96 valence electrons. The molecule has 20 heavy (non-hydrogen) atoms. The van der Waals surface area contributed by atoms with Crippen LogP contribution in [0, 0.1) is 0 Å². The van der Waals surface area contributed by atoms with Crippen LogP contribution < -0.4 is 0 Å². The summed E-state index contributed by atoms with van der Waals surface area (Å²) in [4.78, 5) is 0. The van der Waals surface area contributed by atoms with Crippen LogP contribution in [0.4, 0.5) is 0 Å². The quantitative estimate of drug-likeness (QED) is 0.322. The van der Waals surface area contributed by atoms with Gasteiger partial charge in [-0.25, -0.2) is 0 Å². The molecule has 2 aromatic heterocycles. The van der Waals surface area contributed by atoms with E-state index in [1.807, 2.05) is 44.3 Å². The normalized spacial score (nSPS) is 13.6. The van der Waals surface area contributed by atoms with E-state index in [1.165, 1.54) is 39.7 Å². The number of benzene rings is 2. The molecule has 0 atom stereocenters. The van der Waals surface area contributed by atoms with Crippen LogP contribution in [0.15, 0.2) is 56.9 Å². The lowest BCUT2D eigenvalue weighted by atomic mass is 10.0. The van der Waals surface area contributed by atoms with Gasteiger partial charge in [-0.1, -0.05) is 36.4 Å². The summed E-state index contributed by atoms with van der Waals surface area (Å²) in [5.41, 5.74) is 2.92. The molecular formula is C16H8S4. The van der Waals surface area contributed by atoms with E-state index < -0.39 is 0 Å². The minimum Gasteiger partial charge on any atom is -0.127 e. The first kappa shape index (κ1) is 11.7. The zero-order valence-electron chi connectivity index (χ0n) is 10.3. The van der Waals surface area contributed by atoms with Gasteiger partial charge < -0.3 is 0 Å². The van der Waals surface area contributed by atoms with Crippen molar-refractivity contribution in [3.8, 4) is 11.1 Å². The molecule has 0 aliphatic carbocycles. The lowest BCUT2D eigenvalue weighted by Crippen LogP contribution is -1.81. The molecule has 1 aliphatic rings. The van der Waals surface area contributed by atoms with Gasteiger partial charge in [-0.15, -0.1) is 22.7 Å². The van der Waals surface area contributed by atoms with Gasteiger partial charge in [-0.3, -0.25) is 0 Å². The van der Waals surface area contributed by atoms with E-state index in [4.69, 9.17) is 0 Å². The van der Waals surface area contributed by atoms with E-state index >= 15 is 0 Å². The minimum absolute atomic E-state index is 1.40. The van der Waals surface area contributed by atoms with Gasteiger partial charge in [0, 0.05) is 31.3 Å². The first-order valence-corrected chi connectivity index (χ1v) is 10.1. The number of fused-ring (bicyclic) bond motifs is 7. The Hall–Kier alpha value is -0.940. The zero-order valence-corrected chi connectivity index (χ0v) is 13.5. The molecule has 5 rings (SSSR count). The molecule has 2 aromatic carbocycles. The van der Waals surface area contributed by atoms with Crippen LogP contribution in [0.1, 0.15) is 0 Å². The van der Waals surface area contributed by atoms with Gasteiger partial charge in [0.05, 0.1) is 8.42 Å². The lowest BCUT2D eigenvalue weighted by Gasteiger charge is -2.11. The standard InChI is InChI=1S/C16H8S4/c1-3-7-11-9(5-1)13-14-10-6-2-4-8-12(10)18-16(14)20-19-15(13)17-11/h1-8H. The molecule has 3 heterocycles. The second kappa shape index (κ2) is 4.28. The molecule has 0 nitrogen and oxygen atoms in total. The van der Waals surface area contributed by atoms with E-state index in [2.05, 4.69) is 48.5 Å². The SMILES string of the molecule is c1ccc2c3c(sc2c1)SSc1sc2ccccc2c1-3. The Morgan fingerprint density at radius 2 is 1.00 bits per heavy atom. The summed E-state index contributed by atoms with van der Waals surface area (Å²) in [6.45, 7) is 0. The molecule has 0 bridgehead atoms. The van der Waals surface area contributed by atoms with Crippen LogP contribution in [0.2, 0.25) is 0 Å². The highest BCUT2D eigenvalue weighted by atomic mass is 33.1. The van der Waals surface area contributed by atoms with Crippen molar-refractivity contribution in [1.29, 1.82) is 0 Å². The van der Waals surface area contributed by atoms with Gasteiger partial charge in [0.2, 0.25) is 0 Å². The average Bonchev–Trinajstić information content (AvgIpc) is 3.04. The van der Waals surface area contributed by atoms with Gasteiger partial charge in [0.1, 0.15) is 0 Å². The second-order valence-electron chi connectivity index (χ2n) is 4.69. The summed E-state index contributed by atoms with van der Waals surface area (Å²) in [6, 6.07) is 17.6. The summed E-state index contributed by atoms with van der Waals surface area (Å²) in [6.07, 6.45) is 0. The Labute approximate surface area is 132 Å². The van der Waals surface area contributed by atoms with E-state index in [0.717, 1.165) is 0 Å². The fourth-order valence-corrected chi connectivity index (χ4v) is 8.33. The topological polar surface area (TPSA) is 0 Å². The monoisotopic (exact) mass is 328 g/mol. The summed E-state index contributed by atoms with van der Waals surface area (Å²) in [5, 5.41) is 2.82. The van der Waals surface area contributed by atoms with Crippen molar-refractivity contribution in [2.75, 3.05) is 0 Å². The largest absolute Gasteiger partial charge is 0.127 e. The van der Waals surface area contributed by atoms with Crippen molar-refractivity contribution >= 4 is 64.4 Å². The fraction of sp³-hybridized carbons (Fsp3) is 0. The van der Waals surface area contributed by atoms with E-state index in [9.17, 15) is 0 Å². The highest BCUT2D eigenvalue weighted by Gasteiger charge is 2.26. The Kier molecular flexibility index (Phi) is 2.50. The van der Waals surface area contributed by atoms with Crippen LogP contribution >= 0.6 is 44.3 Å². The number of thiophene rings is 2. The molecule has 0 saturated carbocycles. The maximum atomic E-state index is 2.26. The van der Waals surface area contributed by atoms with Crippen molar-refractivity contribution < 1.29 is 0 Å². The van der Waals surface area contributed by atoms with E-state index in [1.54, 1.807) is 0 Å². The van der Waals surface area contributed by atoms with Gasteiger partial charge in [0.15, 0.2) is 0 Å². The first-order chi connectivity index (χ1) is 9.92. The molecule has 0 amide bonds. The minimum atomic E-state index is 1.40. The van der Waals surface area contributed by atoms with Crippen molar-refractivity contribution in [3.63, 3.8) is 0 Å². The van der Waals surface area contributed by atoms with Crippen LogP contribution in [-0.2, 0) is 0 Å². The molecule has 0 N–H and O–H groups in total. The summed E-state index contributed by atoms with van der Waals surface area (Å²) >= 11 is 3.84. The molecule has 0 fully saturated rings. The molecule has 0 saturated heterocycles. The first-order valence-electron chi connectivity index (χ1n) is 6.30. The fourth-order valence-electron chi connectivity index (χ4n) is 2.71. The van der Waals surface area contributed by atoms with Crippen LogP contribution in [-0.4, -0.2) is 0 Å². The third-order valence-electron chi connectivity index (χ3n) is 3.57. The molecule has 0 unspecified atom stereocenters. The predicted octanol–water partition coefficient (Wildman–Crippen LogP) is 6.90. The third-order valence-corrected chi connectivity index (χ3v) is 9.18. The number of hydrogen-bond donors (Lipinski definition) is 0. The van der Waals surface area contributed by atoms with E-state index in [0.29, 0.717) is 0 Å². The second-order valence-corrected chi connectivity index (χ2v) is 9.46. The summed E-state index contributed by atoms with van der Waals surface area (Å²) in [7, 11) is 3.84. The molecular weight excluding hydrogens is 320 g/mol. The molecule has 0 spiro atoms. The molecule has 4 aromatic rings. The van der Waals surface area contributed by atoms with Gasteiger partial charge in [-0.05, 0) is 33.7 Å². The Morgan fingerprint density at radius 3 is 1.50 bits per heavy atom. The van der Waals surface area contributed by atoms with Crippen LogP contribution in [0.5, 0.6) is 0 Å². The number of rotatable bonds is 0. The highest BCUT2D eigenvalue weighted by Crippen LogP contribution is 2.60. The predicted molar refractivity (Wildman–Crippen MR) is 94.4 cm³/mol. The van der Waals surface area contributed by atoms with Crippen LogP contribution in [0.25, 0.3) is 31.3 Å². The van der Waals surface area contributed by atoms with Crippen LogP contribution in [0.3, 0.4) is 0 Å². The maximum absolute atomic E-state index is 2.26. The van der Waals surface area contributed by atoms with Crippen molar-refractivity contribution in [3.05, 3.63) is 48.5 Å². The Bertz CT molecular complexity index is 881. The molecule has 1 aliphatic heterocycles. The average molecular weight is 329 g/mol. The van der Waals surface area contributed by atoms with Gasteiger partial charge in [0.25, 0.3) is 0 Å². The van der Waals surface area contributed by atoms with Gasteiger partial charge in [-0.2, -0.15) is 0 Å². The Morgan fingerprint density at radius 1 is 0.550 bits per heavy atom. The molecule has 0 radical (unpaired) electrons. The molecule has 4 heteroatoms. The van der Waals surface area contributed by atoms with Crippen molar-refractivity contribution in [2.45, 2.75) is 8.42 Å². The lowest BCUT2D eigenvalue weighted by molar-refractivity contribution is 1.63. The highest BCUT2D eigenvalue weighted by molar-refractivity contribution is 8.77. The Balaban J connectivity index is 1.98. The van der Waals surface area contributed by atoms with Crippen molar-refractivity contribution in [1.82, 2.24) is 0 Å². The summed E-state index contributed by atoms with van der Waals surface area (Å²) < 4.78 is 5.70. The van der Waals surface area contributed by atoms with E-state index in [-0.39, 0.29) is 0 Å². The maximum Gasteiger partial charge on any atom is 0.0801 e. The zero-order chi connectivity index (χ0) is 13.1. The third kappa shape index (κ3) is 1.51. The number of hydrogen-bond acceptors (Lipinski definition) is 4. The smallest absolute Gasteiger partial charge is 0.0801 e. The summed E-state index contributed by atoms with van der Waals surface area (Å²) in [5.74, 6) is 0. The van der Waals surface area contributed by atoms with Crippen molar-refractivity contribution in [2.24, 2.45) is 0 Å². The van der Waals surface area contributed by atoms with Gasteiger partial charge >= 0.3 is 0 Å².